The van der Waals surface area contributed by atoms with Gasteiger partial charge in [-0.3, -0.25) is 9.11 Å². The van der Waals surface area contributed by atoms with Gasteiger partial charge in [0.2, 0.25) is 28.1 Å². The van der Waals surface area contributed by atoms with Crippen molar-refractivity contribution in [3.05, 3.63) is 58.6 Å². The molecule has 7 rings (SSSR count). The molecule has 0 aliphatic rings. The third kappa shape index (κ3) is 12.3. The van der Waals surface area contributed by atoms with Gasteiger partial charge in [-0.15, -0.1) is 20.5 Å². The van der Waals surface area contributed by atoms with E-state index in [9.17, 15) is 36.2 Å². The summed E-state index contributed by atoms with van der Waals surface area (Å²) in [7, 11) is -6.45. The summed E-state index contributed by atoms with van der Waals surface area (Å²) in [6.45, 7) is 9.67. The van der Waals surface area contributed by atoms with Crippen LogP contribution >= 0.6 is 45.9 Å². The Balaban J connectivity index is 1.38. The van der Waals surface area contributed by atoms with Crippen LogP contribution in [0.15, 0.2) is 78.8 Å². The number of nitrogens with one attached hydrogen (secondary N) is 2. The fourth-order valence-corrected chi connectivity index (χ4v) is 12.3. The average Bonchev–Trinajstić information content (AvgIpc) is 3.96. The van der Waals surface area contributed by atoms with Gasteiger partial charge in [0.25, 0.3) is 20.2 Å². The third-order valence-electron chi connectivity index (χ3n) is 10.8. The van der Waals surface area contributed by atoms with Crippen LogP contribution in [0.5, 0.6) is 11.5 Å². The number of halogens is 2. The number of aromatic nitrogens is 5. The lowest BCUT2D eigenvalue weighted by molar-refractivity contribution is 0.280. The quantitative estimate of drug-likeness (QED) is 0.0256. The molecule has 0 radical (unpaired) electrons. The number of nitrogens with zero attached hydrogens (tertiary/aromatic N) is 12. The number of hydrogen-bond acceptors (Lipinski definition) is 24. The Kier molecular flexibility index (Phi) is 17.4. The predicted octanol–water partition coefficient (Wildman–Crippen LogP) is 9.71. The molecular formula is C43H48Cl2N14O10S4. The number of anilines is 7. The lowest BCUT2D eigenvalue weighted by Gasteiger charge is -2.25. The van der Waals surface area contributed by atoms with E-state index >= 15 is 0 Å². The summed E-state index contributed by atoms with van der Waals surface area (Å²) >= 11 is 14.0. The lowest BCUT2D eigenvalue weighted by Crippen LogP contribution is -2.31. The van der Waals surface area contributed by atoms with Crippen LogP contribution in [0.4, 0.5) is 62.2 Å². The van der Waals surface area contributed by atoms with Crippen molar-refractivity contribution in [2.45, 2.75) is 37.5 Å². The largest absolute Gasteiger partial charge is 0.494 e. The number of fused-ring (bicyclic) bond motifs is 2. The molecule has 0 aliphatic carbocycles. The molecule has 0 spiro atoms. The maximum atomic E-state index is 12.3. The van der Waals surface area contributed by atoms with Crippen molar-refractivity contribution >= 4 is 149 Å². The van der Waals surface area contributed by atoms with Gasteiger partial charge in [-0.25, -0.2) is 9.97 Å². The Bertz CT molecular complexity index is 3230. The van der Waals surface area contributed by atoms with Gasteiger partial charge in [-0.05, 0) is 64.1 Å². The first-order chi connectivity index (χ1) is 34.9. The normalized spacial score (nSPS) is 12.1. The van der Waals surface area contributed by atoms with Gasteiger partial charge in [-0.1, -0.05) is 45.9 Å². The minimum Gasteiger partial charge on any atom is -0.494 e. The number of rotatable bonds is 23. The number of aliphatic hydroxyl groups is 2. The molecule has 0 fully saturated rings. The SMILES string of the molecule is CCN(CC)c1cc(Nc2nc(Nc3cc(N(CC)CC)c(OC)cc3N=Nc3nc4ccc(Cl)c(S(=O)(=O)O)c4s3)nc(N(CCO)CCO)n2)c(N=Nc2nc3ccc(Cl)c(S(=O)(=O)O)c3s2)cc1OC. The van der Waals surface area contributed by atoms with E-state index in [1.807, 2.05) is 37.5 Å². The Morgan fingerprint density at radius 1 is 0.589 bits per heavy atom. The van der Waals surface area contributed by atoms with Crippen LogP contribution in [-0.2, 0) is 20.2 Å². The van der Waals surface area contributed by atoms with Gasteiger partial charge >= 0.3 is 0 Å². The van der Waals surface area contributed by atoms with Gasteiger partial charge in [-0.2, -0.15) is 31.8 Å². The monoisotopic (exact) mass is 1120 g/mol. The van der Waals surface area contributed by atoms with Gasteiger partial charge < -0.3 is 45.0 Å². The minimum atomic E-state index is -4.73. The highest BCUT2D eigenvalue weighted by molar-refractivity contribution is 7.86. The zero-order valence-electron chi connectivity index (χ0n) is 39.8. The molecule has 24 nitrogen and oxygen atoms in total. The number of benzene rings is 4. The van der Waals surface area contributed by atoms with Crippen molar-refractivity contribution < 1.29 is 45.6 Å². The summed E-state index contributed by atoms with van der Waals surface area (Å²) in [6.07, 6.45) is 0. The van der Waals surface area contributed by atoms with E-state index in [1.54, 1.807) is 29.2 Å². The maximum Gasteiger partial charge on any atom is 0.297 e. The highest BCUT2D eigenvalue weighted by Crippen LogP contribution is 2.45. The second-order valence-corrected chi connectivity index (χ2v) is 20.7. The molecule has 73 heavy (non-hydrogen) atoms. The van der Waals surface area contributed by atoms with E-state index in [2.05, 4.69) is 41.1 Å². The summed E-state index contributed by atoms with van der Waals surface area (Å²) < 4.78 is 80.9. The van der Waals surface area contributed by atoms with Gasteiger partial charge in [0.05, 0.1) is 80.7 Å². The average molecular weight is 1120 g/mol. The topological polar surface area (TPSA) is 315 Å². The number of hydrogen-bond donors (Lipinski definition) is 6. The maximum absolute atomic E-state index is 12.3. The first-order valence-electron chi connectivity index (χ1n) is 22.0. The summed E-state index contributed by atoms with van der Waals surface area (Å²) in [5.74, 6) is 0.812. The molecular weight excluding hydrogens is 1070 g/mol. The van der Waals surface area contributed by atoms with Gasteiger partial charge in [0.15, 0.2) is 0 Å². The van der Waals surface area contributed by atoms with E-state index in [1.165, 1.54) is 38.5 Å². The third-order valence-corrected chi connectivity index (χ3v) is 15.8. The zero-order chi connectivity index (χ0) is 52.8. The van der Waals surface area contributed by atoms with Crippen molar-refractivity contribution in [2.75, 3.05) is 92.0 Å². The van der Waals surface area contributed by atoms with E-state index in [0.29, 0.717) is 60.4 Å². The minimum absolute atomic E-state index is 0.0189. The van der Waals surface area contributed by atoms with Crippen LogP contribution in [0.3, 0.4) is 0 Å². The fraction of sp³-hybridized carbons (Fsp3) is 0.326. The van der Waals surface area contributed by atoms with E-state index in [4.69, 9.17) is 47.6 Å². The molecule has 7 aromatic rings. The Morgan fingerprint density at radius 3 is 1.33 bits per heavy atom. The molecule has 0 saturated carbocycles. The van der Waals surface area contributed by atoms with Crippen LogP contribution in [0.25, 0.3) is 20.4 Å². The summed E-state index contributed by atoms with van der Waals surface area (Å²) in [5, 5.41) is 44.1. The molecule has 0 aliphatic heterocycles. The molecule has 0 atom stereocenters. The van der Waals surface area contributed by atoms with Crippen LogP contribution in [-0.4, -0.2) is 128 Å². The first-order valence-corrected chi connectivity index (χ1v) is 27.3. The number of azo groups is 2. The molecule has 3 heterocycles. The summed E-state index contributed by atoms with van der Waals surface area (Å²) in [5.41, 5.74) is 2.76. The van der Waals surface area contributed by atoms with Crippen LogP contribution < -0.4 is 34.8 Å². The van der Waals surface area contributed by atoms with Crippen LogP contribution in [0, 0.1) is 0 Å². The zero-order valence-corrected chi connectivity index (χ0v) is 44.5. The molecule has 4 aromatic carbocycles. The molecule has 0 amide bonds. The van der Waals surface area contributed by atoms with Crippen molar-refractivity contribution in [1.29, 1.82) is 0 Å². The molecule has 6 N–H and O–H groups in total. The Hall–Kier alpha value is -6.21. The molecule has 3 aromatic heterocycles. The Morgan fingerprint density at radius 2 is 0.986 bits per heavy atom. The fourth-order valence-electron chi connectivity index (χ4n) is 7.47. The van der Waals surface area contributed by atoms with Crippen molar-refractivity contribution in [1.82, 2.24) is 24.9 Å². The second kappa shape index (κ2) is 23.3. The number of thiazole rings is 2. The van der Waals surface area contributed by atoms with Crippen LogP contribution in [0.1, 0.15) is 27.7 Å². The molecule has 30 heteroatoms. The highest BCUT2D eigenvalue weighted by atomic mass is 35.5. The predicted molar refractivity (Wildman–Crippen MR) is 283 cm³/mol. The molecule has 388 valence electrons. The van der Waals surface area contributed by atoms with Crippen molar-refractivity contribution in [3.8, 4) is 11.5 Å². The van der Waals surface area contributed by atoms with Crippen LogP contribution in [0.2, 0.25) is 10.0 Å². The standard InChI is InChI=1S/C43H48Cl2N14O10S4/c1-7-57(8-2)31-19-27(29(21-33(31)68-5)53-55-42-48-25-13-11-23(44)37(35(25)70-42)72(62,63)64)46-39-50-40(52-41(51-39)59(15-17-60)16-18-61)47-28-20-32(58(9-3)10-4)34(69-6)22-30(28)54-56-43-49-26-14-12-24(45)38(36(26)71-43)73(65,66)67/h11-14,19-22,60-61H,7-10,15-18H2,1-6H3,(H,62,63,64)(H,65,66,67)(H2,46,47,50,51,52). The van der Waals surface area contributed by atoms with E-state index < -0.39 is 30.0 Å². The Labute approximate surface area is 436 Å². The number of ether oxygens (including phenoxy) is 2. The number of methoxy groups -OCH3 is 2. The molecule has 0 saturated heterocycles. The van der Waals surface area contributed by atoms with E-state index in [-0.39, 0.29) is 96.3 Å². The first kappa shape index (κ1) is 54.6. The lowest BCUT2D eigenvalue weighted by atomic mass is 10.2. The second-order valence-electron chi connectivity index (χ2n) is 15.2. The summed E-state index contributed by atoms with van der Waals surface area (Å²) in [4.78, 5) is 27.6. The van der Waals surface area contributed by atoms with Crippen molar-refractivity contribution in [3.63, 3.8) is 0 Å². The van der Waals surface area contributed by atoms with E-state index in [0.717, 1.165) is 22.7 Å². The summed E-state index contributed by atoms with van der Waals surface area (Å²) in [6, 6.07) is 12.4. The highest BCUT2D eigenvalue weighted by Gasteiger charge is 2.25. The van der Waals surface area contributed by atoms with Gasteiger partial charge in [0.1, 0.15) is 32.7 Å². The van der Waals surface area contributed by atoms with Crippen molar-refractivity contribution in [2.24, 2.45) is 20.5 Å². The number of aliphatic hydroxyl groups excluding tert-OH is 2. The molecule has 0 unspecified atom stereocenters. The van der Waals surface area contributed by atoms with Gasteiger partial charge in [0, 0.05) is 51.4 Å². The molecule has 0 bridgehead atoms. The smallest absolute Gasteiger partial charge is 0.297 e.